The average Bonchev–Trinajstić information content (AvgIpc) is 0.755. The Labute approximate surface area is 691 Å². The van der Waals surface area contributed by atoms with Crippen molar-refractivity contribution in [2.45, 2.75) is 318 Å². The first kappa shape index (κ1) is 101. The zero-order valence-corrected chi connectivity index (χ0v) is 66.5. The van der Waals surface area contributed by atoms with E-state index in [1.54, 1.807) is 0 Å². The maximum atomic E-state index is 13.3. The zero-order valence-electron chi connectivity index (χ0n) is 65.7. The van der Waals surface area contributed by atoms with E-state index in [9.17, 15) is 154 Å². The minimum Gasteiger partial charge on any atom is -0.394 e. The Bertz CT molecular complexity index is 3510. The predicted molar refractivity (Wildman–Crippen MR) is 377 cm³/mol. The second-order valence-electron chi connectivity index (χ2n) is 30.1. The predicted octanol–water partition coefficient (Wildman–Crippen LogP) is -19.9. The number of amides is 6. The molecule has 9 fully saturated rings. The standard InChI is InChI=1S/C66H110N6O49S/c1-16(81)67-31-43(93)50(26(11-77)105-58(31)100)114-61-34(70-19(4)84)45(95)52(28(13-79)110-61)116-64-49(99)55(118-66-57(48(98)40(90)25(10-76)109-66)120-63-35(71-20(5)85)44(94)51(27(12-78)111-63)115-62-36(72-21(6)86)46(96)53(29(14-80)112-62)121-122(101,102)103)54(117-59-32(68-17(2)82)41(91)37(87)22(7-73)106-59)30(113-64)15-104-65-56(47(97)39(89)24(9-75)108-65)119-60-33(69-18(3)83)42(92)38(88)23(8-74)107-60/h22-66,73-80,87-100H,7-15H2,1-6H3,(H,67,81)(H,68,82)(H,69,83)(H,70,84)(H,71,85)(H,72,86)(H,101,102,103)/t22-,23-,24-,25-,26-,27-,28-,29-,30-,31-,32+,33-,34-,35-,36-,37-,38-,39-,40-,41-,42-,43-,44-,45-,46-,47+,48+,49+,50-,51-,52-,53+,54-,55-,56+,57+,58-,59+,60+,61+,62+,63+,64+,65+,66-/m1/s1. The highest BCUT2D eigenvalue weighted by molar-refractivity contribution is 7.80. The van der Waals surface area contributed by atoms with Gasteiger partial charge in [0.25, 0.3) is 0 Å². The summed E-state index contributed by atoms with van der Waals surface area (Å²) in [5.41, 5.74) is 0. The Balaban J connectivity index is 1.17. The van der Waals surface area contributed by atoms with Crippen molar-refractivity contribution in [2.75, 3.05) is 59.5 Å². The van der Waals surface area contributed by atoms with Gasteiger partial charge in [0.2, 0.25) is 35.4 Å². The highest BCUT2D eigenvalue weighted by atomic mass is 32.3. The molecular weight excluding hydrogens is 1690 g/mol. The number of carbonyl (C=O) groups is 6. The summed E-state index contributed by atoms with van der Waals surface area (Å²) in [5.74, 6) is -5.76. The SMILES string of the molecule is CC(=O)N[C@@H]1[C@H](O[C@H]2[C@H](O[C@H]3O[C@H](CO)[C@@H](O)[C@H](O)[C@@H]3O[C@@H]3O[C@H](CO)[C@@H](O[C@@H]4O[C@H](CO)[C@H](OS(=O)(=O)O)[C@H](O)[C@H]4NC(C)=O)[C@H](O)[C@H]3NC(C)=O)[C@H](O)[C@H](O[C@H]3[C@H](O)[C@@H](NC(C)=O)[C@H](O[C@H]4[C@H](O)[C@@H](NC(C)=O)[C@H](O)O[C@@H]4CO)O[C@@H]3CO)O[C@@H]2CO[C@H]2O[C@H](CO)[C@@H](O)[C@H](O)[C@@H]2O[C@@H]2O[C@H](CO)[C@@H](O)[C@H](O)[C@H]2NC(C)=O)O[C@H](CO)[C@@H](O)[C@@H]1O. The smallest absolute Gasteiger partial charge is 0.394 e. The van der Waals surface area contributed by atoms with E-state index < -0.39 is 381 Å². The summed E-state index contributed by atoms with van der Waals surface area (Å²) in [5, 5.41) is 264. The van der Waals surface area contributed by atoms with Crippen LogP contribution >= 0.6 is 0 Å². The Morgan fingerprint density at radius 3 is 0.852 bits per heavy atom. The van der Waals surface area contributed by atoms with E-state index in [4.69, 9.17) is 80.5 Å². The molecule has 0 spiro atoms. The van der Waals surface area contributed by atoms with Crippen LogP contribution in [0.5, 0.6) is 0 Å². The van der Waals surface area contributed by atoms with Crippen LogP contribution in [0.4, 0.5) is 0 Å². The van der Waals surface area contributed by atoms with Gasteiger partial charge >= 0.3 is 10.4 Å². The second kappa shape index (κ2) is 44.0. The van der Waals surface area contributed by atoms with Gasteiger partial charge < -0.3 is 225 Å². The first-order valence-electron chi connectivity index (χ1n) is 38.3. The molecule has 0 unspecified atom stereocenters. The molecule has 0 aliphatic carbocycles. The van der Waals surface area contributed by atoms with E-state index in [2.05, 4.69) is 36.1 Å². The monoisotopic (exact) mass is 1800 g/mol. The summed E-state index contributed by atoms with van der Waals surface area (Å²) in [7, 11) is -5.47. The van der Waals surface area contributed by atoms with E-state index in [1.165, 1.54) is 0 Å². The molecule has 56 heteroatoms. The molecule has 0 radical (unpaired) electrons. The van der Waals surface area contributed by atoms with Gasteiger partial charge in [0.1, 0.15) is 219 Å². The van der Waals surface area contributed by atoms with Crippen molar-refractivity contribution in [1.82, 2.24) is 31.9 Å². The molecule has 9 aliphatic rings. The average molecular weight is 1800 g/mol. The van der Waals surface area contributed by atoms with Gasteiger partial charge in [0.15, 0.2) is 56.6 Å². The van der Waals surface area contributed by atoms with Crippen LogP contribution in [0, 0.1) is 0 Å². The van der Waals surface area contributed by atoms with Crippen molar-refractivity contribution < 1.29 is 239 Å². The summed E-state index contributed by atoms with van der Waals surface area (Å²) >= 11 is 0. The Kier molecular flexibility index (Phi) is 36.4. The number of carbonyl (C=O) groups excluding carboxylic acids is 6. The minimum atomic E-state index is -5.47. The van der Waals surface area contributed by atoms with Gasteiger partial charge in [-0.25, -0.2) is 4.18 Å². The van der Waals surface area contributed by atoms with Crippen molar-refractivity contribution in [3.8, 4) is 0 Å². The summed E-state index contributed by atoms with van der Waals surface area (Å²) in [4.78, 5) is 77.1. The molecule has 9 saturated heterocycles. The lowest BCUT2D eigenvalue weighted by molar-refractivity contribution is -0.408. The number of nitrogens with one attached hydrogen (secondary N) is 6. The van der Waals surface area contributed by atoms with E-state index in [0.29, 0.717) is 0 Å². The van der Waals surface area contributed by atoms with Crippen molar-refractivity contribution in [1.29, 1.82) is 0 Å². The fourth-order valence-corrected chi connectivity index (χ4v) is 16.0. The highest BCUT2D eigenvalue weighted by Crippen LogP contribution is 2.41. The highest BCUT2D eigenvalue weighted by Gasteiger charge is 2.62. The largest absolute Gasteiger partial charge is 0.397 e. The first-order chi connectivity index (χ1) is 57.5. The zero-order chi connectivity index (χ0) is 90.3. The number of hydrogen-bond acceptors (Lipinski definition) is 48. The van der Waals surface area contributed by atoms with Crippen LogP contribution in [0.15, 0.2) is 0 Å². The molecule has 0 aromatic carbocycles. The first-order valence-corrected chi connectivity index (χ1v) is 39.6. The fourth-order valence-electron chi connectivity index (χ4n) is 15.5. The van der Waals surface area contributed by atoms with Crippen LogP contribution in [0.25, 0.3) is 0 Å². The van der Waals surface area contributed by atoms with Crippen LogP contribution in [-0.4, -0.2) is 496 Å². The van der Waals surface area contributed by atoms with Gasteiger partial charge in [-0.05, 0) is 0 Å². The maximum absolute atomic E-state index is 13.3. The lowest BCUT2D eigenvalue weighted by Gasteiger charge is -2.52. The third-order valence-electron chi connectivity index (χ3n) is 21.4. The summed E-state index contributed by atoms with van der Waals surface area (Å²) in [6.45, 7) is -5.31. The molecule has 0 aromatic heterocycles. The van der Waals surface area contributed by atoms with Gasteiger partial charge in [0, 0.05) is 41.5 Å². The van der Waals surface area contributed by atoms with Crippen LogP contribution < -0.4 is 31.9 Å². The Hall–Kier alpha value is -4.87. The molecule has 0 bridgehead atoms. The van der Waals surface area contributed by atoms with Gasteiger partial charge in [-0.1, -0.05) is 0 Å². The summed E-state index contributed by atoms with van der Waals surface area (Å²) in [6.07, 6.45) is -86.2. The molecule has 122 heavy (non-hydrogen) atoms. The van der Waals surface area contributed by atoms with E-state index in [1.807, 2.05) is 0 Å². The van der Waals surface area contributed by atoms with Crippen molar-refractivity contribution in [3.63, 3.8) is 0 Å². The number of rotatable bonds is 33. The van der Waals surface area contributed by atoms with Crippen molar-refractivity contribution in [2.24, 2.45) is 0 Å². The number of ether oxygens (including phenoxy) is 17. The lowest BCUT2D eigenvalue weighted by Crippen LogP contribution is -2.72. The summed E-state index contributed by atoms with van der Waals surface area (Å²) < 4.78 is 142. The maximum Gasteiger partial charge on any atom is 0.397 e. The summed E-state index contributed by atoms with van der Waals surface area (Å²) in [6, 6.07) is -11.7. The molecule has 9 heterocycles. The third-order valence-corrected chi connectivity index (χ3v) is 21.8. The van der Waals surface area contributed by atoms with Crippen LogP contribution in [0.2, 0.25) is 0 Å². The van der Waals surface area contributed by atoms with Crippen LogP contribution in [0.1, 0.15) is 41.5 Å². The normalized spacial score (nSPS) is 45.9. The van der Waals surface area contributed by atoms with Crippen LogP contribution in [-0.2, 0) is 124 Å². The molecule has 704 valence electrons. The molecule has 9 aliphatic heterocycles. The van der Waals surface area contributed by atoms with Gasteiger partial charge in [-0.15, -0.1) is 0 Å². The molecule has 6 amide bonds. The van der Waals surface area contributed by atoms with Crippen LogP contribution in [0.3, 0.4) is 0 Å². The minimum absolute atomic E-state index is 0.821. The van der Waals surface area contributed by atoms with Gasteiger partial charge in [-0.3, -0.25) is 33.3 Å². The van der Waals surface area contributed by atoms with E-state index in [-0.39, 0.29) is 0 Å². The third kappa shape index (κ3) is 23.4. The molecule has 45 atom stereocenters. The van der Waals surface area contributed by atoms with Crippen molar-refractivity contribution >= 4 is 45.8 Å². The van der Waals surface area contributed by atoms with E-state index >= 15 is 0 Å². The fraction of sp³-hybridized carbons (Fsp3) is 0.909. The molecule has 9 rings (SSSR count). The number of aliphatic hydroxyl groups excluding tert-OH is 22. The van der Waals surface area contributed by atoms with Gasteiger partial charge in [-0.2, -0.15) is 8.42 Å². The number of aliphatic hydroxyl groups is 22. The second-order valence-corrected chi connectivity index (χ2v) is 31.2. The molecule has 0 saturated carbocycles. The molecule has 55 nitrogen and oxygen atoms in total. The molecule has 29 N–H and O–H groups in total. The van der Waals surface area contributed by atoms with Gasteiger partial charge in [0.05, 0.1) is 59.5 Å². The van der Waals surface area contributed by atoms with E-state index in [0.717, 1.165) is 41.5 Å². The quantitative estimate of drug-likeness (QED) is 0.0271. The lowest BCUT2D eigenvalue weighted by atomic mass is 9.93. The Morgan fingerprint density at radius 2 is 0.500 bits per heavy atom. The number of hydrogen-bond donors (Lipinski definition) is 29. The molecule has 0 aromatic rings. The Morgan fingerprint density at radius 1 is 0.254 bits per heavy atom. The molecular formula is C66H110N6O49S. The topological polar surface area (TPSA) is 840 Å². The van der Waals surface area contributed by atoms with Crippen molar-refractivity contribution in [3.05, 3.63) is 0 Å².